The van der Waals surface area contributed by atoms with E-state index >= 15 is 0 Å². The summed E-state index contributed by atoms with van der Waals surface area (Å²) < 4.78 is 5.28. The van der Waals surface area contributed by atoms with Crippen LogP contribution in [0.1, 0.15) is 25.3 Å². The molecule has 0 aliphatic carbocycles. The summed E-state index contributed by atoms with van der Waals surface area (Å²) in [5, 5.41) is 9.35. The molecule has 0 aliphatic rings. The van der Waals surface area contributed by atoms with E-state index in [1.54, 1.807) is 25.1 Å². The number of benzene rings is 1. The highest BCUT2D eigenvalue weighted by Gasteiger charge is 2.15. The van der Waals surface area contributed by atoms with Crippen LogP contribution in [0.4, 0.5) is 0 Å². The van der Waals surface area contributed by atoms with Crippen LogP contribution in [0.25, 0.3) is 0 Å². The number of aliphatic carboxylic acids is 1. The molecule has 15 heavy (non-hydrogen) atoms. The van der Waals surface area contributed by atoms with Crippen LogP contribution in [0.15, 0.2) is 18.2 Å². The summed E-state index contributed by atoms with van der Waals surface area (Å²) in [4.78, 5) is 10.8. The fraction of sp³-hybridized carbons (Fsp3) is 0.364. The Labute approximate surface area is 93.6 Å². The summed E-state index contributed by atoms with van der Waals surface area (Å²) in [6.45, 7) is 3.98. The SMILES string of the molecule is CCOc1cc(C(C)C(=O)O)ccc1Cl. The molecular weight excluding hydrogens is 216 g/mol. The first-order valence-electron chi connectivity index (χ1n) is 4.71. The normalized spacial score (nSPS) is 12.2. The molecule has 0 bridgehead atoms. The summed E-state index contributed by atoms with van der Waals surface area (Å²) in [6.07, 6.45) is 0. The standard InChI is InChI=1S/C11H13ClO3/c1-3-15-10-6-8(4-5-9(10)12)7(2)11(13)14/h4-7H,3H2,1-2H3,(H,13,14). The Hall–Kier alpha value is -1.22. The third-order valence-corrected chi connectivity index (χ3v) is 2.44. The number of rotatable bonds is 4. The molecule has 0 aromatic heterocycles. The minimum atomic E-state index is -0.861. The van der Waals surface area contributed by atoms with Crippen molar-refractivity contribution in [3.63, 3.8) is 0 Å². The van der Waals surface area contributed by atoms with E-state index in [9.17, 15) is 4.79 Å². The minimum Gasteiger partial charge on any atom is -0.492 e. The van der Waals surface area contributed by atoms with Crippen LogP contribution < -0.4 is 4.74 Å². The lowest BCUT2D eigenvalue weighted by molar-refractivity contribution is -0.138. The van der Waals surface area contributed by atoms with Crippen molar-refractivity contribution in [1.29, 1.82) is 0 Å². The number of hydrogen-bond donors (Lipinski definition) is 1. The summed E-state index contributed by atoms with van der Waals surface area (Å²) in [7, 11) is 0. The molecule has 1 N–H and O–H groups in total. The van der Waals surface area contributed by atoms with E-state index < -0.39 is 11.9 Å². The highest BCUT2D eigenvalue weighted by molar-refractivity contribution is 6.32. The largest absolute Gasteiger partial charge is 0.492 e. The van der Waals surface area contributed by atoms with Gasteiger partial charge in [-0.1, -0.05) is 17.7 Å². The van der Waals surface area contributed by atoms with E-state index in [4.69, 9.17) is 21.4 Å². The summed E-state index contributed by atoms with van der Waals surface area (Å²) in [5.74, 6) is -0.883. The first-order chi connectivity index (χ1) is 7.06. The Kier molecular flexibility index (Phi) is 3.97. The smallest absolute Gasteiger partial charge is 0.310 e. The molecule has 0 saturated heterocycles. The van der Waals surface area contributed by atoms with E-state index in [-0.39, 0.29) is 0 Å². The number of halogens is 1. The first-order valence-corrected chi connectivity index (χ1v) is 5.09. The second kappa shape index (κ2) is 5.03. The number of carbonyl (C=O) groups is 1. The molecule has 0 aliphatic heterocycles. The van der Waals surface area contributed by atoms with Crippen molar-refractivity contribution < 1.29 is 14.6 Å². The van der Waals surface area contributed by atoms with Gasteiger partial charge in [-0.15, -0.1) is 0 Å². The molecule has 1 atom stereocenters. The average Bonchev–Trinajstić information content (AvgIpc) is 2.20. The van der Waals surface area contributed by atoms with Crippen molar-refractivity contribution in [2.45, 2.75) is 19.8 Å². The van der Waals surface area contributed by atoms with Gasteiger partial charge in [-0.25, -0.2) is 0 Å². The van der Waals surface area contributed by atoms with Crippen molar-refractivity contribution >= 4 is 17.6 Å². The van der Waals surface area contributed by atoms with Gasteiger partial charge in [0.1, 0.15) is 5.75 Å². The van der Waals surface area contributed by atoms with Gasteiger partial charge in [0, 0.05) is 0 Å². The molecule has 1 unspecified atom stereocenters. The molecule has 0 amide bonds. The third-order valence-electron chi connectivity index (χ3n) is 2.13. The number of carboxylic acid groups (broad SMARTS) is 1. The average molecular weight is 229 g/mol. The lowest BCUT2D eigenvalue weighted by Gasteiger charge is -2.10. The minimum absolute atomic E-state index is 0.498. The molecule has 4 heteroatoms. The molecule has 0 fully saturated rings. The van der Waals surface area contributed by atoms with Gasteiger partial charge in [-0.3, -0.25) is 4.79 Å². The first kappa shape index (κ1) is 11.9. The van der Waals surface area contributed by atoms with Crippen molar-refractivity contribution in [1.82, 2.24) is 0 Å². The van der Waals surface area contributed by atoms with E-state index in [0.717, 1.165) is 0 Å². The zero-order valence-electron chi connectivity index (χ0n) is 8.66. The molecular formula is C11H13ClO3. The fourth-order valence-electron chi connectivity index (χ4n) is 1.20. The lowest BCUT2D eigenvalue weighted by Crippen LogP contribution is -2.07. The maximum Gasteiger partial charge on any atom is 0.310 e. The van der Waals surface area contributed by atoms with E-state index in [0.29, 0.717) is 22.9 Å². The fourth-order valence-corrected chi connectivity index (χ4v) is 1.37. The van der Waals surface area contributed by atoms with Gasteiger partial charge in [0.2, 0.25) is 0 Å². The van der Waals surface area contributed by atoms with Gasteiger partial charge < -0.3 is 9.84 Å². The topological polar surface area (TPSA) is 46.5 Å². The van der Waals surface area contributed by atoms with Crippen molar-refractivity contribution in [2.24, 2.45) is 0 Å². The predicted molar refractivity (Wildman–Crippen MR) is 58.7 cm³/mol. The summed E-state index contributed by atoms with van der Waals surface area (Å²) in [5.41, 5.74) is 0.690. The Morgan fingerprint density at radius 2 is 2.27 bits per heavy atom. The number of ether oxygens (including phenoxy) is 1. The van der Waals surface area contributed by atoms with Gasteiger partial charge in [-0.05, 0) is 31.5 Å². The predicted octanol–water partition coefficient (Wildman–Crippen LogP) is 2.93. The second-order valence-electron chi connectivity index (χ2n) is 3.18. The van der Waals surface area contributed by atoms with Crippen LogP contribution in [-0.2, 0) is 4.79 Å². The van der Waals surface area contributed by atoms with Crippen LogP contribution in [0.5, 0.6) is 5.75 Å². The third kappa shape index (κ3) is 2.86. The van der Waals surface area contributed by atoms with Crippen LogP contribution in [-0.4, -0.2) is 17.7 Å². The maximum atomic E-state index is 10.8. The molecule has 0 heterocycles. The van der Waals surface area contributed by atoms with Gasteiger partial charge in [0.25, 0.3) is 0 Å². The summed E-state index contributed by atoms with van der Waals surface area (Å²) >= 11 is 5.89. The number of hydrogen-bond acceptors (Lipinski definition) is 2. The van der Waals surface area contributed by atoms with Gasteiger partial charge in [-0.2, -0.15) is 0 Å². The molecule has 1 aromatic rings. The van der Waals surface area contributed by atoms with Crippen molar-refractivity contribution in [3.8, 4) is 5.75 Å². The molecule has 1 aromatic carbocycles. The lowest BCUT2D eigenvalue weighted by atomic mass is 10.0. The van der Waals surface area contributed by atoms with E-state index in [2.05, 4.69) is 0 Å². The van der Waals surface area contributed by atoms with Gasteiger partial charge in [0.15, 0.2) is 0 Å². The molecule has 0 radical (unpaired) electrons. The Morgan fingerprint density at radius 1 is 1.60 bits per heavy atom. The van der Waals surface area contributed by atoms with Gasteiger partial charge in [0.05, 0.1) is 17.5 Å². The zero-order chi connectivity index (χ0) is 11.4. The quantitative estimate of drug-likeness (QED) is 0.862. The molecule has 82 valence electrons. The molecule has 3 nitrogen and oxygen atoms in total. The van der Waals surface area contributed by atoms with E-state index in [1.807, 2.05) is 6.92 Å². The Balaban J connectivity index is 3.01. The molecule has 0 spiro atoms. The Morgan fingerprint density at radius 3 is 2.80 bits per heavy atom. The van der Waals surface area contributed by atoms with E-state index in [1.165, 1.54) is 0 Å². The van der Waals surface area contributed by atoms with Gasteiger partial charge >= 0.3 is 5.97 Å². The highest BCUT2D eigenvalue weighted by atomic mass is 35.5. The maximum absolute atomic E-state index is 10.8. The van der Waals surface area contributed by atoms with Crippen LogP contribution in [0, 0.1) is 0 Å². The summed E-state index contributed by atoms with van der Waals surface area (Å²) in [6, 6.07) is 5.02. The number of carboxylic acids is 1. The Bertz CT molecular complexity index is 363. The molecule has 0 saturated carbocycles. The second-order valence-corrected chi connectivity index (χ2v) is 3.59. The highest BCUT2D eigenvalue weighted by Crippen LogP contribution is 2.28. The van der Waals surface area contributed by atoms with Crippen molar-refractivity contribution in [3.05, 3.63) is 28.8 Å². The van der Waals surface area contributed by atoms with Crippen LogP contribution in [0.2, 0.25) is 5.02 Å². The monoisotopic (exact) mass is 228 g/mol. The van der Waals surface area contributed by atoms with Crippen LogP contribution >= 0.6 is 11.6 Å². The molecule has 1 rings (SSSR count). The zero-order valence-corrected chi connectivity index (χ0v) is 9.41. The van der Waals surface area contributed by atoms with Crippen molar-refractivity contribution in [2.75, 3.05) is 6.61 Å². The van der Waals surface area contributed by atoms with Crippen LogP contribution in [0.3, 0.4) is 0 Å².